The number of amides is 1. The van der Waals surface area contributed by atoms with Crippen LogP contribution < -0.4 is 10.0 Å². The topological polar surface area (TPSA) is 91.4 Å². The Hall–Kier alpha value is -2.99. The van der Waals surface area contributed by atoms with Gasteiger partial charge in [0.2, 0.25) is 0 Å². The molecule has 1 aliphatic rings. The molecular formula is C30H28Cl2N4O3S3. The Kier molecular flexibility index (Phi) is 9.22. The van der Waals surface area contributed by atoms with Crippen molar-refractivity contribution in [2.45, 2.75) is 31.2 Å². The maximum atomic E-state index is 13.4. The van der Waals surface area contributed by atoms with Gasteiger partial charge in [0.25, 0.3) is 15.9 Å². The van der Waals surface area contributed by atoms with Crippen molar-refractivity contribution in [3.63, 3.8) is 0 Å². The van der Waals surface area contributed by atoms with Gasteiger partial charge in [-0.15, -0.1) is 35.1 Å². The third kappa shape index (κ3) is 6.34. The fourth-order valence-corrected chi connectivity index (χ4v) is 8.53. The van der Waals surface area contributed by atoms with Crippen LogP contribution in [0.4, 0.5) is 10.7 Å². The number of fused-ring (bicyclic) bond motifs is 2. The number of aromatic nitrogens is 1. The molecule has 1 aliphatic heterocycles. The van der Waals surface area contributed by atoms with Gasteiger partial charge >= 0.3 is 0 Å². The molecule has 0 spiro atoms. The minimum atomic E-state index is -3.79. The SMILES string of the molecule is CCCN1CCc2c(sc(NC(=O)c3ccc(NS(=O)(=O)c4ccc(Cl)cc4)cc3)c2-c2nc3ccccc3s2)C1.Cl. The first-order valence-electron chi connectivity index (χ1n) is 13.2. The summed E-state index contributed by atoms with van der Waals surface area (Å²) in [5.41, 5.74) is 4.01. The van der Waals surface area contributed by atoms with Crippen LogP contribution in [0.15, 0.2) is 77.7 Å². The second-order valence-electron chi connectivity index (χ2n) is 9.81. The van der Waals surface area contributed by atoms with E-state index in [0.29, 0.717) is 16.3 Å². The quantitative estimate of drug-likeness (QED) is 0.177. The molecule has 6 rings (SSSR count). The van der Waals surface area contributed by atoms with Crippen molar-refractivity contribution in [1.82, 2.24) is 9.88 Å². The number of halogens is 2. The van der Waals surface area contributed by atoms with E-state index >= 15 is 0 Å². The highest BCUT2D eigenvalue weighted by molar-refractivity contribution is 7.92. The van der Waals surface area contributed by atoms with Gasteiger partial charge in [0.1, 0.15) is 10.0 Å². The minimum absolute atomic E-state index is 0. The lowest BCUT2D eigenvalue weighted by molar-refractivity contribution is 0.102. The number of carbonyl (C=O) groups excluding carboxylic acids is 1. The predicted octanol–water partition coefficient (Wildman–Crippen LogP) is 7.92. The molecule has 0 saturated carbocycles. The van der Waals surface area contributed by atoms with Crippen molar-refractivity contribution in [1.29, 1.82) is 0 Å². The van der Waals surface area contributed by atoms with Gasteiger partial charge in [-0.25, -0.2) is 13.4 Å². The van der Waals surface area contributed by atoms with Crippen molar-refractivity contribution >= 4 is 83.5 Å². The lowest BCUT2D eigenvalue weighted by Crippen LogP contribution is -2.30. The fourth-order valence-electron chi connectivity index (χ4n) is 4.95. The van der Waals surface area contributed by atoms with Crippen molar-refractivity contribution in [3.05, 3.63) is 93.8 Å². The Morgan fingerprint density at radius 3 is 2.48 bits per heavy atom. The fraction of sp³-hybridized carbons (Fsp3) is 0.200. The molecule has 12 heteroatoms. The molecule has 1 amide bonds. The molecule has 5 aromatic rings. The number of nitrogens with one attached hydrogen (secondary N) is 2. The van der Waals surface area contributed by atoms with Crippen LogP contribution >= 0.6 is 46.7 Å². The minimum Gasteiger partial charge on any atom is -0.313 e. The summed E-state index contributed by atoms with van der Waals surface area (Å²) in [7, 11) is -3.79. The number of sulfonamides is 1. The number of hydrogen-bond donors (Lipinski definition) is 2. The molecule has 0 unspecified atom stereocenters. The molecule has 0 aliphatic carbocycles. The van der Waals surface area contributed by atoms with E-state index in [-0.39, 0.29) is 23.2 Å². The molecule has 2 N–H and O–H groups in total. The van der Waals surface area contributed by atoms with Crippen LogP contribution in [0, 0.1) is 0 Å². The summed E-state index contributed by atoms with van der Waals surface area (Å²) < 4.78 is 29.1. The summed E-state index contributed by atoms with van der Waals surface area (Å²) in [6, 6.07) is 20.4. The molecule has 0 radical (unpaired) electrons. The number of anilines is 2. The molecule has 0 bridgehead atoms. The van der Waals surface area contributed by atoms with Crippen molar-refractivity contribution in [2.75, 3.05) is 23.1 Å². The average Bonchev–Trinajstić information content (AvgIpc) is 3.54. The zero-order valence-corrected chi connectivity index (χ0v) is 26.6. The molecule has 2 aromatic heterocycles. The Morgan fingerprint density at radius 1 is 1.02 bits per heavy atom. The van der Waals surface area contributed by atoms with Crippen molar-refractivity contribution in [3.8, 4) is 10.6 Å². The van der Waals surface area contributed by atoms with Gasteiger partial charge in [-0.2, -0.15) is 0 Å². The van der Waals surface area contributed by atoms with E-state index < -0.39 is 10.0 Å². The summed E-state index contributed by atoms with van der Waals surface area (Å²) in [4.78, 5) is 22.2. The molecule has 218 valence electrons. The summed E-state index contributed by atoms with van der Waals surface area (Å²) >= 11 is 9.14. The standard InChI is InChI=1S/C30H27ClN4O3S3.ClH/c1-2-16-35-17-15-23-26(18-35)40-30(27(23)29-32-24-5-3-4-6-25(24)39-29)33-28(36)19-7-11-21(12-8-19)34-41(37,38)22-13-9-20(31)10-14-22;/h3-14,34H,2,15-18H2,1H3,(H,33,36);1H. The number of nitrogens with zero attached hydrogens (tertiary/aromatic N) is 2. The number of thiazole rings is 1. The Labute approximate surface area is 264 Å². The zero-order chi connectivity index (χ0) is 28.6. The van der Waals surface area contributed by atoms with Gasteiger partial charge < -0.3 is 5.32 Å². The maximum Gasteiger partial charge on any atom is 0.261 e. The van der Waals surface area contributed by atoms with E-state index in [1.165, 1.54) is 34.7 Å². The molecule has 0 atom stereocenters. The van der Waals surface area contributed by atoms with E-state index in [1.54, 1.807) is 46.9 Å². The summed E-state index contributed by atoms with van der Waals surface area (Å²) in [6.07, 6.45) is 2.01. The third-order valence-electron chi connectivity index (χ3n) is 6.93. The van der Waals surface area contributed by atoms with E-state index in [2.05, 4.69) is 27.9 Å². The zero-order valence-electron chi connectivity index (χ0n) is 22.6. The molecule has 3 heterocycles. The maximum absolute atomic E-state index is 13.4. The van der Waals surface area contributed by atoms with E-state index in [0.717, 1.165) is 58.3 Å². The lowest BCUT2D eigenvalue weighted by atomic mass is 10.0. The second-order valence-corrected chi connectivity index (χ2v) is 14.1. The smallest absolute Gasteiger partial charge is 0.261 e. The first-order valence-corrected chi connectivity index (χ1v) is 16.7. The van der Waals surface area contributed by atoms with Crippen LogP contribution in [-0.2, 0) is 23.0 Å². The first-order chi connectivity index (χ1) is 19.8. The summed E-state index contributed by atoms with van der Waals surface area (Å²) in [5.74, 6) is -0.261. The van der Waals surface area contributed by atoms with Crippen LogP contribution in [0.1, 0.15) is 34.1 Å². The van der Waals surface area contributed by atoms with Crippen LogP contribution in [0.5, 0.6) is 0 Å². The van der Waals surface area contributed by atoms with Gasteiger partial charge in [-0.1, -0.05) is 30.7 Å². The summed E-state index contributed by atoms with van der Waals surface area (Å²) in [5, 5.41) is 5.31. The van der Waals surface area contributed by atoms with E-state index in [1.807, 2.05) is 18.2 Å². The largest absolute Gasteiger partial charge is 0.313 e. The van der Waals surface area contributed by atoms with Crippen molar-refractivity contribution in [2.24, 2.45) is 0 Å². The Bertz CT molecular complexity index is 1800. The van der Waals surface area contributed by atoms with Gasteiger partial charge in [0.05, 0.1) is 15.1 Å². The Morgan fingerprint density at radius 2 is 1.76 bits per heavy atom. The van der Waals surface area contributed by atoms with Gasteiger partial charge in [-0.05, 0) is 85.6 Å². The molecule has 3 aromatic carbocycles. The highest BCUT2D eigenvalue weighted by Gasteiger charge is 2.28. The molecule has 0 fully saturated rings. The van der Waals surface area contributed by atoms with E-state index in [4.69, 9.17) is 16.6 Å². The lowest BCUT2D eigenvalue weighted by Gasteiger charge is -2.26. The molecule has 0 saturated heterocycles. The van der Waals surface area contributed by atoms with Crippen LogP contribution in [0.2, 0.25) is 5.02 Å². The van der Waals surface area contributed by atoms with E-state index in [9.17, 15) is 13.2 Å². The number of hydrogen-bond acceptors (Lipinski definition) is 7. The van der Waals surface area contributed by atoms with Crippen LogP contribution in [0.3, 0.4) is 0 Å². The molecule has 7 nitrogen and oxygen atoms in total. The average molecular weight is 660 g/mol. The number of carbonyl (C=O) groups is 1. The van der Waals surface area contributed by atoms with Gasteiger partial charge in [-0.3, -0.25) is 14.4 Å². The third-order valence-corrected chi connectivity index (χ3v) is 10.8. The highest BCUT2D eigenvalue weighted by Crippen LogP contribution is 2.45. The molecule has 42 heavy (non-hydrogen) atoms. The van der Waals surface area contributed by atoms with Crippen LogP contribution in [-0.4, -0.2) is 37.3 Å². The van der Waals surface area contributed by atoms with Crippen molar-refractivity contribution < 1.29 is 13.2 Å². The number of rotatable bonds is 8. The number of benzene rings is 3. The molecular weight excluding hydrogens is 631 g/mol. The van der Waals surface area contributed by atoms with Crippen LogP contribution in [0.25, 0.3) is 20.8 Å². The van der Waals surface area contributed by atoms with Gasteiger partial charge in [0.15, 0.2) is 0 Å². The highest BCUT2D eigenvalue weighted by atomic mass is 35.5. The number of para-hydroxylation sites is 1. The second kappa shape index (κ2) is 12.7. The summed E-state index contributed by atoms with van der Waals surface area (Å²) in [6.45, 7) is 5.08. The normalized spacial score (nSPS) is 13.4. The van der Waals surface area contributed by atoms with Gasteiger partial charge in [0, 0.05) is 39.8 Å². The monoisotopic (exact) mass is 658 g/mol. The Balaban J connectivity index is 0.00000353. The number of thiophene rings is 1. The first kappa shape index (κ1) is 30.5. The predicted molar refractivity (Wildman–Crippen MR) is 176 cm³/mol.